The van der Waals surface area contributed by atoms with E-state index in [0.717, 1.165) is 23.1 Å². The van der Waals surface area contributed by atoms with Crippen LogP contribution in [0.5, 0.6) is 0 Å². The third-order valence-electron chi connectivity index (χ3n) is 3.23. The van der Waals surface area contributed by atoms with Crippen LogP contribution < -0.4 is 5.32 Å². The molecule has 0 radical (unpaired) electrons. The first kappa shape index (κ1) is 14.0. The van der Waals surface area contributed by atoms with Crippen LogP contribution in [0.1, 0.15) is 42.7 Å². The molecule has 100 valence electrons. The van der Waals surface area contributed by atoms with Crippen LogP contribution in [0.4, 0.5) is 0 Å². The number of halogens is 1. The highest BCUT2D eigenvalue weighted by molar-refractivity contribution is 9.10. The molecule has 1 aliphatic carbocycles. The summed E-state index contributed by atoms with van der Waals surface area (Å²) in [5.41, 5.74) is 0.779. The van der Waals surface area contributed by atoms with Crippen molar-refractivity contribution in [2.45, 2.75) is 37.5 Å². The molecule has 1 unspecified atom stereocenters. The van der Waals surface area contributed by atoms with E-state index in [9.17, 15) is 4.79 Å². The molecule has 1 atom stereocenters. The summed E-state index contributed by atoms with van der Waals surface area (Å²) in [6.07, 6.45) is 7.49. The minimum atomic E-state index is 0.0425. The number of carbonyl (C=O) groups excluding carboxylic acids is 1. The molecule has 1 N–H and O–H groups in total. The summed E-state index contributed by atoms with van der Waals surface area (Å²) in [4.78, 5) is 12.1. The minimum absolute atomic E-state index is 0.0425. The van der Waals surface area contributed by atoms with Crippen molar-refractivity contribution in [2.24, 2.45) is 0 Å². The second kappa shape index (κ2) is 6.15. The van der Waals surface area contributed by atoms with Gasteiger partial charge in [-0.2, -0.15) is 11.8 Å². The highest BCUT2D eigenvalue weighted by Gasteiger charge is 2.27. The molecule has 0 aliphatic heterocycles. The number of rotatable bonds is 6. The summed E-state index contributed by atoms with van der Waals surface area (Å²) < 4.78 is 3.08. The Hall–Kier alpha value is -0.420. The first-order chi connectivity index (χ1) is 8.61. The van der Waals surface area contributed by atoms with Crippen molar-refractivity contribution < 1.29 is 4.79 Å². The topological polar surface area (TPSA) is 34.0 Å². The van der Waals surface area contributed by atoms with Crippen molar-refractivity contribution in [3.05, 3.63) is 22.4 Å². The lowest BCUT2D eigenvalue weighted by atomic mass is 10.3. The van der Waals surface area contributed by atoms with E-state index in [1.165, 1.54) is 12.8 Å². The van der Waals surface area contributed by atoms with Gasteiger partial charge >= 0.3 is 0 Å². The van der Waals surface area contributed by atoms with Gasteiger partial charge in [0.15, 0.2) is 0 Å². The molecular formula is C13H19BrN2OS. The van der Waals surface area contributed by atoms with E-state index < -0.39 is 0 Å². The van der Waals surface area contributed by atoms with E-state index in [1.54, 1.807) is 0 Å². The Morgan fingerprint density at radius 2 is 2.39 bits per heavy atom. The van der Waals surface area contributed by atoms with E-state index >= 15 is 0 Å². The van der Waals surface area contributed by atoms with E-state index in [2.05, 4.69) is 39.0 Å². The fraction of sp³-hybridized carbons (Fsp3) is 0.615. The lowest BCUT2D eigenvalue weighted by Gasteiger charge is -2.10. The van der Waals surface area contributed by atoms with E-state index in [1.807, 2.05) is 24.0 Å². The van der Waals surface area contributed by atoms with Crippen molar-refractivity contribution in [3.63, 3.8) is 0 Å². The molecule has 1 aromatic heterocycles. The average molecular weight is 331 g/mol. The Labute approximate surface area is 121 Å². The summed E-state index contributed by atoms with van der Waals surface area (Å²) in [5.74, 6) is 0.0425. The maximum Gasteiger partial charge on any atom is 0.267 e. The monoisotopic (exact) mass is 330 g/mol. The van der Waals surface area contributed by atoms with Crippen molar-refractivity contribution in [3.8, 4) is 0 Å². The molecule has 3 nitrogen and oxygen atoms in total. The zero-order valence-corrected chi connectivity index (χ0v) is 13.2. The number of nitrogens with one attached hydrogen (secondary N) is 1. The number of thioether (sulfide) groups is 1. The lowest BCUT2D eigenvalue weighted by molar-refractivity contribution is 0.0944. The van der Waals surface area contributed by atoms with Crippen LogP contribution >= 0.6 is 27.7 Å². The molecule has 1 saturated carbocycles. The van der Waals surface area contributed by atoms with Gasteiger partial charge in [-0.1, -0.05) is 6.92 Å². The Morgan fingerprint density at radius 3 is 3.00 bits per heavy atom. The van der Waals surface area contributed by atoms with Crippen molar-refractivity contribution in [2.75, 3.05) is 12.8 Å². The highest BCUT2D eigenvalue weighted by Crippen LogP contribution is 2.37. The van der Waals surface area contributed by atoms with Crippen LogP contribution in [-0.4, -0.2) is 28.5 Å². The maximum atomic E-state index is 12.1. The number of hydrogen-bond donors (Lipinski definition) is 1. The third-order valence-corrected chi connectivity index (χ3v) is 4.70. The number of aromatic nitrogens is 1. The van der Waals surface area contributed by atoms with Gasteiger partial charge in [0.05, 0.1) is 0 Å². The first-order valence-electron chi connectivity index (χ1n) is 6.30. The lowest BCUT2D eigenvalue weighted by Crippen LogP contribution is -2.27. The first-order valence-corrected chi connectivity index (χ1v) is 8.38. The standard InChI is InChI=1S/C13H19BrN2OS/c1-9(18-2)5-6-15-13(17)12-7-10(14)8-16(12)11-3-4-11/h7-9,11H,3-6H2,1-2H3,(H,15,17). The fourth-order valence-corrected chi connectivity index (χ4v) is 2.67. The normalized spacial score (nSPS) is 16.6. The van der Waals surface area contributed by atoms with Gasteiger partial charge in [-0.05, 0) is 47.5 Å². The van der Waals surface area contributed by atoms with Gasteiger partial charge in [0, 0.05) is 28.5 Å². The molecule has 1 aromatic rings. The van der Waals surface area contributed by atoms with Gasteiger partial charge in [0.25, 0.3) is 5.91 Å². The zero-order valence-electron chi connectivity index (χ0n) is 10.8. The molecule has 1 amide bonds. The number of nitrogens with zero attached hydrogens (tertiary/aromatic N) is 1. The van der Waals surface area contributed by atoms with E-state index in [0.29, 0.717) is 11.3 Å². The largest absolute Gasteiger partial charge is 0.351 e. The second-order valence-electron chi connectivity index (χ2n) is 4.77. The molecule has 1 fully saturated rings. The highest BCUT2D eigenvalue weighted by atomic mass is 79.9. The number of carbonyl (C=O) groups is 1. The summed E-state index contributed by atoms with van der Waals surface area (Å²) in [6.45, 7) is 2.93. The Bertz CT molecular complexity index is 429. The SMILES string of the molecule is CSC(C)CCNC(=O)c1cc(Br)cn1C1CC1. The van der Waals surface area contributed by atoms with Gasteiger partial charge in [-0.25, -0.2) is 0 Å². The maximum absolute atomic E-state index is 12.1. The van der Waals surface area contributed by atoms with Gasteiger partial charge in [0.2, 0.25) is 0 Å². The van der Waals surface area contributed by atoms with Crippen LogP contribution in [0.3, 0.4) is 0 Å². The molecule has 18 heavy (non-hydrogen) atoms. The van der Waals surface area contributed by atoms with E-state index in [4.69, 9.17) is 0 Å². The molecule has 0 aromatic carbocycles. The Kier molecular flexibility index (Phi) is 4.78. The van der Waals surface area contributed by atoms with Crippen LogP contribution in [0.15, 0.2) is 16.7 Å². The Balaban J connectivity index is 1.92. The molecule has 1 heterocycles. The molecular weight excluding hydrogens is 312 g/mol. The zero-order chi connectivity index (χ0) is 13.1. The summed E-state index contributed by atoms with van der Waals surface area (Å²) in [5, 5.41) is 3.60. The third kappa shape index (κ3) is 3.54. The number of amides is 1. The molecule has 1 aliphatic rings. The summed E-state index contributed by atoms with van der Waals surface area (Å²) in [6, 6.07) is 2.44. The van der Waals surface area contributed by atoms with Crippen molar-refractivity contribution in [1.82, 2.24) is 9.88 Å². The molecule has 0 bridgehead atoms. The fourth-order valence-electron chi connectivity index (χ4n) is 1.88. The smallest absolute Gasteiger partial charge is 0.267 e. The molecule has 0 spiro atoms. The van der Waals surface area contributed by atoms with Crippen LogP contribution in [0, 0.1) is 0 Å². The van der Waals surface area contributed by atoms with E-state index in [-0.39, 0.29) is 5.91 Å². The average Bonchev–Trinajstić information content (AvgIpc) is 3.12. The van der Waals surface area contributed by atoms with Gasteiger partial charge in [0.1, 0.15) is 5.69 Å². The second-order valence-corrected chi connectivity index (χ2v) is 6.96. The molecule has 0 saturated heterocycles. The quantitative estimate of drug-likeness (QED) is 0.866. The van der Waals surface area contributed by atoms with Crippen LogP contribution in [0.25, 0.3) is 0 Å². The summed E-state index contributed by atoms with van der Waals surface area (Å²) in [7, 11) is 0. The van der Waals surface area contributed by atoms with Crippen LogP contribution in [-0.2, 0) is 0 Å². The van der Waals surface area contributed by atoms with Crippen LogP contribution in [0.2, 0.25) is 0 Å². The predicted octanol–water partition coefficient (Wildman–Crippen LogP) is 3.46. The summed E-state index contributed by atoms with van der Waals surface area (Å²) >= 11 is 5.28. The van der Waals surface area contributed by atoms with Crippen molar-refractivity contribution in [1.29, 1.82) is 0 Å². The minimum Gasteiger partial charge on any atom is -0.351 e. The van der Waals surface area contributed by atoms with Gasteiger partial charge < -0.3 is 9.88 Å². The molecule has 5 heteroatoms. The predicted molar refractivity (Wildman–Crippen MR) is 80.3 cm³/mol. The van der Waals surface area contributed by atoms with Gasteiger partial charge in [-0.15, -0.1) is 0 Å². The van der Waals surface area contributed by atoms with Gasteiger partial charge in [-0.3, -0.25) is 4.79 Å². The Morgan fingerprint density at radius 1 is 1.67 bits per heavy atom. The molecule has 2 rings (SSSR count). The number of hydrogen-bond acceptors (Lipinski definition) is 2. The van der Waals surface area contributed by atoms with Crippen molar-refractivity contribution >= 4 is 33.6 Å².